The number of carbonyl (C=O) groups is 1. The molecule has 0 radical (unpaired) electrons. The Morgan fingerprint density at radius 1 is 1.10 bits per heavy atom. The first-order valence-corrected chi connectivity index (χ1v) is 13.2. The highest BCUT2D eigenvalue weighted by atomic mass is 19.4. The number of rotatable bonds is 4. The molecule has 2 aromatic carbocycles. The second-order valence-corrected chi connectivity index (χ2v) is 11.8. The molecule has 9 nitrogen and oxygen atoms in total. The van der Waals surface area contributed by atoms with E-state index in [1.165, 1.54) is 18.5 Å². The summed E-state index contributed by atoms with van der Waals surface area (Å²) in [5, 5.41) is 15.7. The van der Waals surface area contributed by atoms with E-state index in [0.717, 1.165) is 25.0 Å². The number of carboxylic acid groups (broad SMARTS) is 1. The molecule has 1 aliphatic carbocycles. The fraction of sp³-hybridized carbons (Fsp3) is 0.379. The first-order valence-electron chi connectivity index (χ1n) is 13.2. The standard InChI is InChI=1S/C29H29F3N6O3/c1-27(2,3)28-13-16(14-37(28)26(39)40)11-21(28)38-25-22(24(33)34-15-35-25)23(36-38)17-7-9-19(10-8-17)41-20-6-4-5-18(12-20)29(30,31)32/h4-10,12,15-16,21H,11,13-14H2,1-3H3,(H,39,40)(H2,33,34,35). The summed E-state index contributed by atoms with van der Waals surface area (Å²) in [6.45, 7) is 6.66. The van der Waals surface area contributed by atoms with Crippen molar-refractivity contribution in [2.45, 2.75) is 51.4 Å². The lowest BCUT2D eigenvalue weighted by Crippen LogP contribution is -2.60. The molecule has 6 rings (SSSR count). The molecule has 12 heteroatoms. The summed E-state index contributed by atoms with van der Waals surface area (Å²) in [6, 6.07) is 11.2. The smallest absolute Gasteiger partial charge is 0.416 e. The molecule has 3 N–H and O–H groups in total. The molecule has 1 saturated carbocycles. The van der Waals surface area contributed by atoms with E-state index >= 15 is 0 Å². The summed E-state index contributed by atoms with van der Waals surface area (Å²) >= 11 is 0. The third-order valence-corrected chi connectivity index (χ3v) is 8.50. The van der Waals surface area contributed by atoms with Gasteiger partial charge >= 0.3 is 12.3 Å². The summed E-state index contributed by atoms with van der Waals surface area (Å²) < 4.78 is 46.8. The van der Waals surface area contributed by atoms with Crippen molar-refractivity contribution in [2.24, 2.45) is 11.3 Å². The molecule has 214 valence electrons. The number of ether oxygens (including phenoxy) is 1. The maximum Gasteiger partial charge on any atom is 0.416 e. The van der Waals surface area contributed by atoms with Gasteiger partial charge < -0.3 is 15.6 Å². The molecule has 0 spiro atoms. The van der Waals surface area contributed by atoms with E-state index in [4.69, 9.17) is 15.6 Å². The van der Waals surface area contributed by atoms with Crippen molar-refractivity contribution >= 4 is 22.9 Å². The maximum absolute atomic E-state index is 13.1. The summed E-state index contributed by atoms with van der Waals surface area (Å²) in [6.07, 6.45) is -2.57. The van der Waals surface area contributed by atoms with Crippen molar-refractivity contribution < 1.29 is 27.8 Å². The first kappa shape index (κ1) is 26.9. The Balaban J connectivity index is 1.40. The minimum absolute atomic E-state index is 0.0618. The van der Waals surface area contributed by atoms with Crippen LogP contribution in [0.2, 0.25) is 0 Å². The van der Waals surface area contributed by atoms with E-state index in [1.807, 2.05) is 4.68 Å². The van der Waals surface area contributed by atoms with Gasteiger partial charge in [0.1, 0.15) is 29.3 Å². The lowest BCUT2D eigenvalue weighted by molar-refractivity contribution is -0.137. The van der Waals surface area contributed by atoms with E-state index < -0.39 is 23.4 Å². The van der Waals surface area contributed by atoms with Crippen LogP contribution in [0.1, 0.15) is 45.2 Å². The second kappa shape index (κ2) is 9.08. The molecular formula is C29H29F3N6O3. The summed E-state index contributed by atoms with van der Waals surface area (Å²) in [5.74, 6) is 0.845. The molecule has 1 amide bonds. The van der Waals surface area contributed by atoms with Gasteiger partial charge in [-0.15, -0.1) is 0 Å². The molecule has 3 atom stereocenters. The molecule has 3 heterocycles. The van der Waals surface area contributed by atoms with Crippen molar-refractivity contribution in [1.29, 1.82) is 0 Å². The fourth-order valence-corrected chi connectivity index (χ4v) is 6.75. The van der Waals surface area contributed by atoms with Gasteiger partial charge in [-0.2, -0.15) is 18.3 Å². The number of anilines is 1. The number of piperidine rings is 1. The topological polar surface area (TPSA) is 119 Å². The summed E-state index contributed by atoms with van der Waals surface area (Å²) in [5.41, 5.74) is 6.17. The van der Waals surface area contributed by atoms with Crippen molar-refractivity contribution in [2.75, 3.05) is 12.3 Å². The number of halogens is 3. The van der Waals surface area contributed by atoms with Crippen LogP contribution in [0.3, 0.4) is 0 Å². The number of nitrogens with two attached hydrogens (primary N) is 1. The lowest BCUT2D eigenvalue weighted by atomic mass is 9.69. The number of alkyl halides is 3. The largest absolute Gasteiger partial charge is 0.465 e. The first-order chi connectivity index (χ1) is 19.3. The van der Waals surface area contributed by atoms with Gasteiger partial charge in [0.25, 0.3) is 0 Å². The van der Waals surface area contributed by atoms with E-state index in [2.05, 4.69) is 30.7 Å². The highest BCUT2D eigenvalue weighted by Gasteiger charge is 2.65. The summed E-state index contributed by atoms with van der Waals surface area (Å²) in [7, 11) is 0. The van der Waals surface area contributed by atoms with Crippen LogP contribution in [0.5, 0.6) is 11.5 Å². The van der Waals surface area contributed by atoms with Crippen LogP contribution in [0.15, 0.2) is 54.9 Å². The van der Waals surface area contributed by atoms with Crippen LogP contribution in [-0.2, 0) is 6.18 Å². The van der Waals surface area contributed by atoms with Crippen LogP contribution in [0.25, 0.3) is 22.3 Å². The Labute approximate surface area is 233 Å². The van der Waals surface area contributed by atoms with E-state index in [0.29, 0.717) is 34.6 Å². The Hall–Kier alpha value is -4.35. The maximum atomic E-state index is 13.1. The number of hydrogen-bond acceptors (Lipinski definition) is 6. The number of nitrogen functional groups attached to an aromatic ring is 1. The van der Waals surface area contributed by atoms with E-state index in [1.54, 1.807) is 29.2 Å². The molecule has 4 aromatic rings. The van der Waals surface area contributed by atoms with Crippen LogP contribution >= 0.6 is 0 Å². The molecule has 2 aromatic heterocycles. The molecule has 41 heavy (non-hydrogen) atoms. The molecular weight excluding hydrogens is 537 g/mol. The number of benzene rings is 2. The van der Waals surface area contributed by atoms with Crippen molar-refractivity contribution in [3.8, 4) is 22.8 Å². The Morgan fingerprint density at radius 2 is 1.83 bits per heavy atom. The summed E-state index contributed by atoms with van der Waals surface area (Å²) in [4.78, 5) is 22.7. The van der Waals surface area contributed by atoms with Gasteiger partial charge in [0.05, 0.1) is 22.5 Å². The van der Waals surface area contributed by atoms with Crippen LogP contribution in [0, 0.1) is 11.3 Å². The number of aromatic nitrogens is 4. The zero-order valence-electron chi connectivity index (χ0n) is 22.7. The average Bonchev–Trinajstić information content (AvgIpc) is 3.60. The average molecular weight is 567 g/mol. The number of likely N-dealkylation sites (tertiary alicyclic amines) is 1. The van der Waals surface area contributed by atoms with Crippen molar-refractivity contribution in [1.82, 2.24) is 24.6 Å². The zero-order valence-corrected chi connectivity index (χ0v) is 22.7. The molecule has 2 fully saturated rings. The van der Waals surface area contributed by atoms with Crippen LogP contribution < -0.4 is 10.5 Å². The highest BCUT2D eigenvalue weighted by molar-refractivity contribution is 5.98. The highest BCUT2D eigenvalue weighted by Crippen LogP contribution is 2.60. The predicted molar refractivity (Wildman–Crippen MR) is 145 cm³/mol. The van der Waals surface area contributed by atoms with Crippen LogP contribution in [0.4, 0.5) is 23.8 Å². The molecule has 3 unspecified atom stereocenters. The predicted octanol–water partition coefficient (Wildman–Crippen LogP) is 6.62. The van der Waals surface area contributed by atoms with Gasteiger partial charge in [-0.25, -0.2) is 19.4 Å². The number of fused-ring (bicyclic) bond motifs is 3. The number of hydrogen-bond donors (Lipinski definition) is 2. The van der Waals surface area contributed by atoms with Crippen LogP contribution in [-0.4, -0.2) is 47.9 Å². The zero-order chi connectivity index (χ0) is 29.3. The minimum atomic E-state index is -4.48. The van der Waals surface area contributed by atoms with Gasteiger partial charge in [0, 0.05) is 12.1 Å². The molecule has 2 aliphatic rings. The van der Waals surface area contributed by atoms with Gasteiger partial charge in [-0.3, -0.25) is 4.90 Å². The number of nitrogens with zero attached hydrogens (tertiary/aromatic N) is 5. The Bertz CT molecular complexity index is 1650. The molecule has 1 saturated heterocycles. The van der Waals surface area contributed by atoms with Crippen molar-refractivity contribution in [3.63, 3.8) is 0 Å². The Kier molecular flexibility index (Phi) is 5.95. The third-order valence-electron chi connectivity index (χ3n) is 8.50. The lowest BCUT2D eigenvalue weighted by Gasteiger charge is -2.51. The Morgan fingerprint density at radius 3 is 2.49 bits per heavy atom. The van der Waals surface area contributed by atoms with Gasteiger partial charge in [-0.05, 0) is 66.6 Å². The van der Waals surface area contributed by atoms with Gasteiger partial charge in [0.15, 0.2) is 5.65 Å². The van der Waals surface area contributed by atoms with E-state index in [-0.39, 0.29) is 28.9 Å². The monoisotopic (exact) mass is 566 g/mol. The SMILES string of the molecule is CC(C)(C)C12CC(CC1n1nc(-c3ccc(Oc4cccc(C(F)(F)F)c4)cc3)c3c(N)ncnc31)CN2C(=O)O. The molecule has 2 bridgehead atoms. The third kappa shape index (κ3) is 4.23. The van der Waals surface area contributed by atoms with Crippen molar-refractivity contribution in [3.05, 3.63) is 60.4 Å². The second-order valence-electron chi connectivity index (χ2n) is 11.8. The quantitative estimate of drug-likeness (QED) is 0.285. The minimum Gasteiger partial charge on any atom is -0.465 e. The van der Waals surface area contributed by atoms with E-state index in [9.17, 15) is 23.1 Å². The van der Waals surface area contributed by atoms with Gasteiger partial charge in [0.2, 0.25) is 0 Å². The molecule has 1 aliphatic heterocycles. The normalized spacial score (nSPS) is 22.4. The number of amides is 1. The fourth-order valence-electron chi connectivity index (χ4n) is 6.75. The van der Waals surface area contributed by atoms with Gasteiger partial charge in [-0.1, -0.05) is 26.8 Å².